The van der Waals surface area contributed by atoms with Crippen LogP contribution in [0.2, 0.25) is 0 Å². The maximum Gasteiger partial charge on any atom is 0.326 e. The standard InChI is InChI=1S/C21H23FN2O4S/c22-16-9-7-15(8-10-16)21(17-5-4-12-29-17)23-18(25)14-28-20(27)13-24-11-3-1-2-6-19(24)26/h4-5,7-10,12,21H,1-3,6,11,13-14H2,(H,23,25). The Morgan fingerprint density at radius 3 is 2.69 bits per heavy atom. The van der Waals surface area contributed by atoms with Crippen LogP contribution in [0.1, 0.15) is 42.2 Å². The van der Waals surface area contributed by atoms with Crippen LogP contribution in [-0.2, 0) is 19.1 Å². The van der Waals surface area contributed by atoms with Gasteiger partial charge in [-0.15, -0.1) is 11.3 Å². The summed E-state index contributed by atoms with van der Waals surface area (Å²) in [4.78, 5) is 38.8. The molecule has 0 radical (unpaired) electrons. The predicted molar refractivity (Wildman–Crippen MR) is 107 cm³/mol. The van der Waals surface area contributed by atoms with E-state index in [4.69, 9.17) is 4.74 Å². The van der Waals surface area contributed by atoms with Crippen LogP contribution in [0.15, 0.2) is 41.8 Å². The minimum atomic E-state index is -0.607. The Labute approximate surface area is 172 Å². The summed E-state index contributed by atoms with van der Waals surface area (Å²) in [6.45, 7) is -0.0481. The van der Waals surface area contributed by atoms with E-state index in [-0.39, 0.29) is 18.3 Å². The first-order chi connectivity index (χ1) is 14.0. The highest BCUT2D eigenvalue weighted by atomic mass is 32.1. The summed E-state index contributed by atoms with van der Waals surface area (Å²) in [6.07, 6.45) is 3.10. The van der Waals surface area contributed by atoms with Crippen molar-refractivity contribution >= 4 is 29.1 Å². The summed E-state index contributed by atoms with van der Waals surface area (Å²) in [6, 6.07) is 9.15. The van der Waals surface area contributed by atoms with E-state index in [1.807, 2.05) is 17.5 Å². The third kappa shape index (κ3) is 6.12. The molecule has 1 fully saturated rings. The lowest BCUT2D eigenvalue weighted by molar-refractivity contribution is -0.152. The van der Waals surface area contributed by atoms with Gasteiger partial charge >= 0.3 is 5.97 Å². The van der Waals surface area contributed by atoms with Crippen molar-refractivity contribution in [1.29, 1.82) is 0 Å². The van der Waals surface area contributed by atoms with Gasteiger partial charge in [0.1, 0.15) is 12.4 Å². The van der Waals surface area contributed by atoms with Gasteiger partial charge in [0.15, 0.2) is 6.61 Å². The summed E-state index contributed by atoms with van der Waals surface area (Å²) >= 11 is 1.46. The number of benzene rings is 1. The monoisotopic (exact) mass is 418 g/mol. The van der Waals surface area contributed by atoms with Crippen LogP contribution in [-0.4, -0.2) is 42.4 Å². The van der Waals surface area contributed by atoms with Crippen LogP contribution in [0.25, 0.3) is 0 Å². The first-order valence-electron chi connectivity index (χ1n) is 9.54. The molecular weight excluding hydrogens is 395 g/mol. The number of rotatable bonds is 7. The lowest BCUT2D eigenvalue weighted by atomic mass is 10.1. The van der Waals surface area contributed by atoms with Crippen LogP contribution in [0.4, 0.5) is 4.39 Å². The minimum absolute atomic E-state index is 0.0574. The summed E-state index contributed by atoms with van der Waals surface area (Å²) in [5.41, 5.74) is 0.726. The molecule has 6 nitrogen and oxygen atoms in total. The Hall–Kier alpha value is -2.74. The fraction of sp³-hybridized carbons (Fsp3) is 0.381. The topological polar surface area (TPSA) is 75.7 Å². The fourth-order valence-electron chi connectivity index (χ4n) is 3.19. The van der Waals surface area contributed by atoms with Crippen molar-refractivity contribution in [3.05, 3.63) is 58.0 Å². The second-order valence-electron chi connectivity index (χ2n) is 6.85. The zero-order valence-corrected chi connectivity index (χ0v) is 16.8. The molecule has 2 heterocycles. The van der Waals surface area contributed by atoms with Gasteiger partial charge in [-0.2, -0.15) is 0 Å². The molecule has 1 saturated heterocycles. The molecular formula is C21H23FN2O4S. The lowest BCUT2D eigenvalue weighted by Gasteiger charge is -2.20. The van der Waals surface area contributed by atoms with E-state index in [0.717, 1.165) is 29.7 Å². The maximum atomic E-state index is 13.2. The van der Waals surface area contributed by atoms with Crippen LogP contribution >= 0.6 is 11.3 Å². The van der Waals surface area contributed by atoms with Gasteiger partial charge in [0.2, 0.25) is 5.91 Å². The van der Waals surface area contributed by atoms with Crippen LogP contribution in [0.3, 0.4) is 0 Å². The molecule has 0 aliphatic carbocycles. The van der Waals surface area contributed by atoms with E-state index in [0.29, 0.717) is 13.0 Å². The average molecular weight is 418 g/mol. The largest absolute Gasteiger partial charge is 0.454 e. The molecule has 1 unspecified atom stereocenters. The number of amides is 2. The van der Waals surface area contributed by atoms with E-state index in [1.165, 1.54) is 28.4 Å². The Balaban J connectivity index is 1.55. The van der Waals surface area contributed by atoms with Gasteiger partial charge in [0.05, 0.1) is 6.04 Å². The third-order valence-corrected chi connectivity index (χ3v) is 5.63. The number of nitrogens with one attached hydrogen (secondary N) is 1. The second-order valence-corrected chi connectivity index (χ2v) is 7.83. The van der Waals surface area contributed by atoms with Gasteiger partial charge in [0, 0.05) is 17.8 Å². The normalized spacial score (nSPS) is 15.5. The van der Waals surface area contributed by atoms with Crippen LogP contribution in [0.5, 0.6) is 0 Å². The Kier molecular flexibility index (Phi) is 7.35. The highest BCUT2D eigenvalue weighted by Crippen LogP contribution is 2.26. The van der Waals surface area contributed by atoms with Gasteiger partial charge in [-0.25, -0.2) is 4.39 Å². The van der Waals surface area contributed by atoms with E-state index in [9.17, 15) is 18.8 Å². The molecule has 2 amide bonds. The SMILES string of the molecule is O=C(COC(=O)CN1CCCCCC1=O)NC(c1ccc(F)cc1)c1cccs1. The number of ether oxygens (including phenoxy) is 1. The van der Waals surface area contributed by atoms with Gasteiger partial charge in [-0.3, -0.25) is 14.4 Å². The van der Waals surface area contributed by atoms with E-state index in [2.05, 4.69) is 5.32 Å². The molecule has 1 atom stereocenters. The Bertz CT molecular complexity index is 839. The van der Waals surface area contributed by atoms with E-state index >= 15 is 0 Å². The van der Waals surface area contributed by atoms with Gasteiger partial charge in [-0.05, 0) is 42.0 Å². The summed E-state index contributed by atoms with van der Waals surface area (Å²) in [5.74, 6) is -1.49. The van der Waals surface area contributed by atoms with Crippen molar-refractivity contribution in [3.63, 3.8) is 0 Å². The zero-order valence-electron chi connectivity index (χ0n) is 15.9. The van der Waals surface area contributed by atoms with Crippen LogP contribution in [0, 0.1) is 5.82 Å². The van der Waals surface area contributed by atoms with Gasteiger partial charge in [-0.1, -0.05) is 24.6 Å². The number of hydrogen-bond donors (Lipinski definition) is 1. The van der Waals surface area contributed by atoms with Crippen molar-refractivity contribution in [3.8, 4) is 0 Å². The molecule has 1 aromatic carbocycles. The second kappa shape index (κ2) is 10.2. The van der Waals surface area contributed by atoms with Crippen molar-refractivity contribution in [2.24, 2.45) is 0 Å². The molecule has 8 heteroatoms. The van der Waals surface area contributed by atoms with Crippen molar-refractivity contribution in [2.45, 2.75) is 31.7 Å². The van der Waals surface area contributed by atoms with Gasteiger partial charge < -0.3 is 15.0 Å². The molecule has 0 spiro atoms. The Morgan fingerprint density at radius 1 is 1.17 bits per heavy atom. The molecule has 0 saturated carbocycles. The molecule has 29 heavy (non-hydrogen) atoms. The first kappa shape index (κ1) is 21.0. The number of nitrogens with zero attached hydrogens (tertiary/aromatic N) is 1. The smallest absolute Gasteiger partial charge is 0.326 e. The number of hydrogen-bond acceptors (Lipinski definition) is 5. The number of likely N-dealkylation sites (tertiary alicyclic amines) is 1. The average Bonchev–Trinajstić information content (AvgIpc) is 3.17. The molecule has 0 bridgehead atoms. The van der Waals surface area contributed by atoms with Crippen molar-refractivity contribution < 1.29 is 23.5 Å². The quantitative estimate of drug-likeness (QED) is 0.702. The highest BCUT2D eigenvalue weighted by molar-refractivity contribution is 7.10. The number of carbonyl (C=O) groups is 3. The maximum absolute atomic E-state index is 13.2. The van der Waals surface area contributed by atoms with Crippen molar-refractivity contribution in [2.75, 3.05) is 19.7 Å². The lowest BCUT2D eigenvalue weighted by Crippen LogP contribution is -2.38. The number of halogens is 1. The zero-order chi connectivity index (χ0) is 20.6. The molecule has 154 valence electrons. The van der Waals surface area contributed by atoms with Crippen molar-refractivity contribution in [1.82, 2.24) is 10.2 Å². The molecule has 1 aromatic heterocycles. The fourth-order valence-corrected chi connectivity index (χ4v) is 3.99. The molecule has 1 aliphatic rings. The van der Waals surface area contributed by atoms with E-state index in [1.54, 1.807) is 12.1 Å². The van der Waals surface area contributed by atoms with E-state index < -0.39 is 24.5 Å². The Morgan fingerprint density at radius 2 is 1.97 bits per heavy atom. The molecule has 2 aromatic rings. The molecule has 1 N–H and O–H groups in total. The summed E-state index contributed by atoms with van der Waals surface area (Å²) in [5, 5.41) is 4.71. The predicted octanol–water partition coefficient (Wildman–Crippen LogP) is 3.04. The highest BCUT2D eigenvalue weighted by Gasteiger charge is 2.22. The summed E-state index contributed by atoms with van der Waals surface area (Å²) in [7, 11) is 0. The number of thiophene rings is 1. The first-order valence-corrected chi connectivity index (χ1v) is 10.4. The molecule has 1 aliphatic heterocycles. The minimum Gasteiger partial charge on any atom is -0.454 e. The summed E-state index contributed by atoms with van der Waals surface area (Å²) < 4.78 is 18.3. The third-order valence-electron chi connectivity index (χ3n) is 4.69. The van der Waals surface area contributed by atoms with Crippen LogP contribution < -0.4 is 5.32 Å². The molecule has 3 rings (SSSR count). The number of carbonyl (C=O) groups excluding carboxylic acids is 3. The number of esters is 1. The van der Waals surface area contributed by atoms with Gasteiger partial charge in [0.25, 0.3) is 5.91 Å².